The molecule has 0 spiro atoms. The van der Waals surface area contributed by atoms with Crippen molar-refractivity contribution in [2.24, 2.45) is 11.8 Å². The Morgan fingerprint density at radius 1 is 1.15 bits per heavy atom. The number of nitrogens with zero attached hydrogens (tertiary/aromatic N) is 1. The predicted octanol–water partition coefficient (Wildman–Crippen LogP) is 5.72. The van der Waals surface area contributed by atoms with Gasteiger partial charge in [0.05, 0.1) is 6.04 Å². The number of rotatable bonds is 4. The second kappa shape index (κ2) is 9.40. The van der Waals surface area contributed by atoms with Crippen LogP contribution < -0.4 is 5.32 Å². The Morgan fingerprint density at radius 3 is 2.52 bits per heavy atom. The zero-order chi connectivity index (χ0) is 23.8. The van der Waals surface area contributed by atoms with Gasteiger partial charge in [-0.1, -0.05) is 32.0 Å². The van der Waals surface area contributed by atoms with Crippen LogP contribution in [0.15, 0.2) is 24.3 Å². The third-order valence-corrected chi connectivity index (χ3v) is 6.93. The third kappa shape index (κ3) is 5.36. The molecule has 180 valence electrons. The van der Waals surface area contributed by atoms with Crippen LogP contribution in [0.5, 0.6) is 0 Å². The van der Waals surface area contributed by atoms with Crippen LogP contribution in [0, 0.1) is 11.8 Å². The molecule has 1 aromatic carbocycles. The second-order valence-corrected chi connectivity index (χ2v) is 11.2. The van der Waals surface area contributed by atoms with Crippen molar-refractivity contribution in [3.8, 4) is 0 Å². The van der Waals surface area contributed by atoms with Gasteiger partial charge in [0.15, 0.2) is 0 Å². The molecule has 4 rings (SSSR count). The minimum Gasteiger partial charge on any atom is -0.444 e. The van der Waals surface area contributed by atoms with Crippen LogP contribution in [0.25, 0.3) is 10.9 Å². The SMILES string of the molecule is CC(C)CC1c2[nH]c3ccccc3c2CCN1C(=O)[C@H]1CC[C@H](NC(=O)OC(C)(C)C)CC1. The number of aromatic nitrogens is 1. The fourth-order valence-electron chi connectivity index (χ4n) is 5.47. The molecule has 2 amide bonds. The summed E-state index contributed by atoms with van der Waals surface area (Å²) in [6.45, 7) is 10.8. The second-order valence-electron chi connectivity index (χ2n) is 11.2. The van der Waals surface area contributed by atoms with Gasteiger partial charge in [-0.15, -0.1) is 0 Å². The number of benzene rings is 1. The Kier molecular flexibility index (Phi) is 6.73. The molecule has 6 nitrogen and oxygen atoms in total. The average molecular weight is 454 g/mol. The smallest absolute Gasteiger partial charge is 0.407 e. The fraction of sp³-hybridized carbons (Fsp3) is 0.630. The number of fused-ring (bicyclic) bond motifs is 3. The third-order valence-electron chi connectivity index (χ3n) is 6.93. The van der Waals surface area contributed by atoms with E-state index in [2.05, 4.69) is 53.3 Å². The van der Waals surface area contributed by atoms with Gasteiger partial charge in [-0.2, -0.15) is 0 Å². The van der Waals surface area contributed by atoms with Crippen LogP contribution in [0.1, 0.15) is 84.0 Å². The van der Waals surface area contributed by atoms with Gasteiger partial charge in [0.25, 0.3) is 0 Å². The molecule has 1 fully saturated rings. The monoisotopic (exact) mass is 453 g/mol. The summed E-state index contributed by atoms with van der Waals surface area (Å²) in [4.78, 5) is 31.6. The van der Waals surface area contributed by atoms with Crippen molar-refractivity contribution in [3.63, 3.8) is 0 Å². The van der Waals surface area contributed by atoms with E-state index in [1.165, 1.54) is 22.2 Å². The lowest BCUT2D eigenvalue weighted by molar-refractivity contribution is -0.140. The minimum absolute atomic E-state index is 0.0299. The number of aromatic amines is 1. The van der Waals surface area contributed by atoms with Crippen LogP contribution >= 0.6 is 0 Å². The number of amides is 2. The van der Waals surface area contributed by atoms with E-state index in [1.54, 1.807) is 0 Å². The van der Waals surface area contributed by atoms with Crippen LogP contribution in [0.3, 0.4) is 0 Å². The maximum Gasteiger partial charge on any atom is 0.407 e. The summed E-state index contributed by atoms with van der Waals surface area (Å²) < 4.78 is 5.39. The predicted molar refractivity (Wildman–Crippen MR) is 131 cm³/mol. The van der Waals surface area contributed by atoms with Gasteiger partial charge in [0, 0.05) is 35.1 Å². The highest BCUT2D eigenvalue weighted by molar-refractivity contribution is 5.86. The number of para-hydroxylation sites is 1. The molecular weight excluding hydrogens is 414 g/mol. The molecule has 33 heavy (non-hydrogen) atoms. The zero-order valence-electron chi connectivity index (χ0n) is 20.7. The van der Waals surface area contributed by atoms with E-state index >= 15 is 0 Å². The Hall–Kier alpha value is -2.50. The maximum atomic E-state index is 13.7. The molecule has 1 unspecified atom stereocenters. The molecule has 6 heteroatoms. The number of alkyl carbamates (subject to hydrolysis) is 1. The first-order valence-electron chi connectivity index (χ1n) is 12.5. The lowest BCUT2D eigenvalue weighted by atomic mass is 9.83. The van der Waals surface area contributed by atoms with Crippen LogP contribution in [-0.4, -0.2) is 40.1 Å². The largest absolute Gasteiger partial charge is 0.444 e. The molecule has 2 N–H and O–H groups in total. The highest BCUT2D eigenvalue weighted by atomic mass is 16.6. The Balaban J connectivity index is 1.44. The number of carbonyl (C=O) groups is 2. The summed E-state index contributed by atoms with van der Waals surface area (Å²) in [6.07, 6.45) is 4.74. The van der Waals surface area contributed by atoms with Crippen LogP contribution in [-0.2, 0) is 16.0 Å². The van der Waals surface area contributed by atoms with Crippen molar-refractivity contribution in [3.05, 3.63) is 35.5 Å². The van der Waals surface area contributed by atoms with Crippen molar-refractivity contribution < 1.29 is 14.3 Å². The highest BCUT2D eigenvalue weighted by Gasteiger charge is 2.38. The van der Waals surface area contributed by atoms with E-state index in [9.17, 15) is 9.59 Å². The summed E-state index contributed by atoms with van der Waals surface area (Å²) in [5.41, 5.74) is 3.27. The molecule has 1 aromatic heterocycles. The normalized spacial score (nSPS) is 23.5. The van der Waals surface area contributed by atoms with E-state index in [0.29, 0.717) is 5.92 Å². The lowest BCUT2D eigenvalue weighted by Gasteiger charge is -2.40. The van der Waals surface area contributed by atoms with Crippen LogP contribution in [0.2, 0.25) is 0 Å². The summed E-state index contributed by atoms with van der Waals surface area (Å²) in [7, 11) is 0. The summed E-state index contributed by atoms with van der Waals surface area (Å²) in [6, 6.07) is 8.66. The van der Waals surface area contributed by atoms with E-state index in [4.69, 9.17) is 4.74 Å². The maximum absolute atomic E-state index is 13.7. The van der Waals surface area contributed by atoms with E-state index < -0.39 is 5.60 Å². The number of ether oxygens (including phenoxy) is 1. The molecule has 2 aromatic rings. The van der Waals surface area contributed by atoms with Crippen LogP contribution in [0.4, 0.5) is 4.79 Å². The Morgan fingerprint density at radius 2 is 1.85 bits per heavy atom. The number of H-pyrrole nitrogens is 1. The first kappa shape index (κ1) is 23.7. The first-order chi connectivity index (χ1) is 15.6. The standard InChI is InChI=1S/C27H39N3O3/c1-17(2)16-23-24-21(20-8-6-7-9-22(20)29-24)14-15-30(23)25(31)18-10-12-19(13-11-18)28-26(32)33-27(3,4)5/h6-9,17-19,23,29H,10-16H2,1-5H3,(H,28,32)/t18-,19-,23?. The van der Waals surface area contributed by atoms with Crippen molar-refractivity contribution >= 4 is 22.9 Å². The van der Waals surface area contributed by atoms with E-state index in [1.807, 2.05) is 20.8 Å². The Labute approximate surface area is 197 Å². The zero-order valence-corrected chi connectivity index (χ0v) is 20.7. The van der Waals surface area contributed by atoms with Crippen molar-refractivity contribution in [2.75, 3.05) is 6.54 Å². The van der Waals surface area contributed by atoms with Gasteiger partial charge in [-0.3, -0.25) is 4.79 Å². The molecule has 0 bridgehead atoms. The number of carbonyl (C=O) groups excluding carboxylic acids is 2. The van der Waals surface area contributed by atoms with Gasteiger partial charge in [0.2, 0.25) is 5.91 Å². The van der Waals surface area contributed by atoms with Gasteiger partial charge in [-0.05, 0) is 76.8 Å². The molecule has 2 heterocycles. The summed E-state index contributed by atoms with van der Waals surface area (Å²) in [5, 5.41) is 4.28. The van der Waals surface area contributed by atoms with Gasteiger partial charge in [0.1, 0.15) is 5.60 Å². The minimum atomic E-state index is -0.502. The van der Waals surface area contributed by atoms with E-state index in [0.717, 1.165) is 45.1 Å². The van der Waals surface area contributed by atoms with Gasteiger partial charge in [-0.25, -0.2) is 4.79 Å². The molecular formula is C27H39N3O3. The topological polar surface area (TPSA) is 74.4 Å². The molecule has 0 radical (unpaired) electrons. The summed E-state index contributed by atoms with van der Waals surface area (Å²) in [5.74, 6) is 0.805. The van der Waals surface area contributed by atoms with Gasteiger partial charge >= 0.3 is 6.09 Å². The van der Waals surface area contributed by atoms with Crippen molar-refractivity contribution in [1.29, 1.82) is 0 Å². The molecule has 2 aliphatic rings. The quantitative estimate of drug-likeness (QED) is 0.621. The lowest BCUT2D eigenvalue weighted by Crippen LogP contribution is -2.46. The molecule has 1 aliphatic carbocycles. The van der Waals surface area contributed by atoms with E-state index in [-0.39, 0.29) is 30.0 Å². The molecule has 1 aliphatic heterocycles. The summed E-state index contributed by atoms with van der Waals surface area (Å²) >= 11 is 0. The average Bonchev–Trinajstić information content (AvgIpc) is 3.12. The molecule has 1 atom stereocenters. The fourth-order valence-corrected chi connectivity index (χ4v) is 5.47. The highest BCUT2D eigenvalue weighted by Crippen LogP contribution is 2.39. The van der Waals surface area contributed by atoms with Crippen molar-refractivity contribution in [1.82, 2.24) is 15.2 Å². The first-order valence-corrected chi connectivity index (χ1v) is 12.5. The van der Waals surface area contributed by atoms with Gasteiger partial charge < -0.3 is 19.9 Å². The molecule has 1 saturated carbocycles. The number of hydrogen-bond acceptors (Lipinski definition) is 3. The molecule has 0 saturated heterocycles. The number of nitrogens with one attached hydrogen (secondary N) is 2. The van der Waals surface area contributed by atoms with Crippen molar-refractivity contribution in [2.45, 2.75) is 90.8 Å². The Bertz CT molecular complexity index is 996. The number of hydrogen-bond donors (Lipinski definition) is 2.